The van der Waals surface area contributed by atoms with Gasteiger partial charge in [-0.25, -0.2) is 4.79 Å². The third-order valence-electron chi connectivity index (χ3n) is 5.39. The molecule has 0 fully saturated rings. The van der Waals surface area contributed by atoms with Crippen molar-refractivity contribution in [1.29, 1.82) is 0 Å². The second-order valence-corrected chi connectivity index (χ2v) is 7.14. The van der Waals surface area contributed by atoms with Gasteiger partial charge >= 0.3 is 11.7 Å². The molecule has 2 aromatic rings. The van der Waals surface area contributed by atoms with Gasteiger partial charge in [0.05, 0.1) is 11.0 Å². The Morgan fingerprint density at radius 3 is 2.44 bits per heavy atom. The van der Waals surface area contributed by atoms with Crippen molar-refractivity contribution in [3.05, 3.63) is 33.7 Å². The van der Waals surface area contributed by atoms with Gasteiger partial charge in [0, 0.05) is 25.5 Å². The van der Waals surface area contributed by atoms with E-state index in [9.17, 15) is 19.5 Å². The lowest BCUT2D eigenvalue weighted by molar-refractivity contribution is -0.146. The number of fused-ring (bicyclic) bond motifs is 2. The van der Waals surface area contributed by atoms with E-state index in [0.29, 0.717) is 42.6 Å². The van der Waals surface area contributed by atoms with E-state index in [1.54, 1.807) is 24.7 Å². The Balaban J connectivity index is 2.12. The number of hydrogen-bond donors (Lipinski definition) is 1. The monoisotopic (exact) mass is 364 g/mol. The number of aliphatic carboxylic acids is 1. The highest BCUT2D eigenvalue weighted by atomic mass is 35.5. The first-order chi connectivity index (χ1) is 11.8. The quantitative estimate of drug-likeness (QED) is 0.502. The molecular weight excluding hydrogens is 344 g/mol. The van der Waals surface area contributed by atoms with E-state index in [4.69, 9.17) is 11.6 Å². The predicted molar refractivity (Wildman–Crippen MR) is 95.5 cm³/mol. The summed E-state index contributed by atoms with van der Waals surface area (Å²) in [7, 11) is 3.34. The van der Waals surface area contributed by atoms with Crippen LogP contribution in [0.1, 0.15) is 41.6 Å². The molecule has 0 bridgehead atoms. The number of rotatable bonds is 5. The number of unbranched alkanes of at least 4 members (excludes halogenated alkanes) is 1. The number of halogens is 1. The number of carbonyl (C=O) groups excluding carboxylic acids is 1. The summed E-state index contributed by atoms with van der Waals surface area (Å²) in [4.78, 5) is 37.2. The van der Waals surface area contributed by atoms with Crippen molar-refractivity contribution in [3.63, 3.8) is 0 Å². The summed E-state index contributed by atoms with van der Waals surface area (Å²) in [5.74, 6) is -0.971. The van der Waals surface area contributed by atoms with E-state index in [0.717, 1.165) is 11.1 Å². The first-order valence-electron chi connectivity index (χ1n) is 8.36. The first kappa shape index (κ1) is 17.7. The molecule has 1 aromatic heterocycles. The number of ketones is 1. The third-order valence-corrected chi connectivity index (χ3v) is 5.66. The molecule has 1 aliphatic carbocycles. The minimum absolute atomic E-state index is 0.170. The molecule has 1 heterocycles. The standard InChI is InChI=1S/C18H21ClN2O4/c1-20-13-9-11-5-7-18(16(23)24,6-3-4-8-19)15(22)12(11)10-14(13)21(2)17(20)25/h9-10H,3-8H2,1-2H3,(H,23,24). The molecule has 1 aliphatic rings. The van der Waals surface area contributed by atoms with Gasteiger partial charge in [0.25, 0.3) is 0 Å². The number of benzene rings is 1. The minimum Gasteiger partial charge on any atom is -0.480 e. The van der Waals surface area contributed by atoms with Crippen molar-refractivity contribution in [2.75, 3.05) is 5.88 Å². The van der Waals surface area contributed by atoms with Crippen LogP contribution in [-0.2, 0) is 25.3 Å². The summed E-state index contributed by atoms with van der Waals surface area (Å²) in [5.41, 5.74) is 1.07. The van der Waals surface area contributed by atoms with Gasteiger partial charge in [-0.3, -0.25) is 18.7 Å². The first-order valence-corrected chi connectivity index (χ1v) is 8.89. The molecule has 0 amide bonds. The second-order valence-electron chi connectivity index (χ2n) is 6.76. The zero-order chi connectivity index (χ0) is 18.4. The predicted octanol–water partition coefficient (Wildman–Crippen LogP) is 2.49. The van der Waals surface area contributed by atoms with Gasteiger partial charge in [-0.05, 0) is 43.4 Å². The van der Waals surface area contributed by atoms with Gasteiger partial charge in [-0.1, -0.05) is 6.42 Å². The SMILES string of the molecule is Cn1c(=O)n(C)c2cc3c(cc21)CCC(CCCCCl)(C(=O)O)C3=O. The summed E-state index contributed by atoms with van der Waals surface area (Å²) >= 11 is 5.69. The highest BCUT2D eigenvalue weighted by Crippen LogP contribution is 2.41. The van der Waals surface area contributed by atoms with E-state index in [-0.39, 0.29) is 17.9 Å². The number of aromatic nitrogens is 2. The zero-order valence-electron chi connectivity index (χ0n) is 14.3. The van der Waals surface area contributed by atoms with E-state index in [2.05, 4.69) is 0 Å². The molecular formula is C18H21ClN2O4. The van der Waals surface area contributed by atoms with Gasteiger partial charge in [-0.15, -0.1) is 11.6 Å². The van der Waals surface area contributed by atoms with E-state index in [1.807, 2.05) is 6.07 Å². The number of carbonyl (C=O) groups is 2. The number of carboxylic acid groups (broad SMARTS) is 1. The number of carboxylic acids is 1. The zero-order valence-corrected chi connectivity index (χ0v) is 15.1. The van der Waals surface area contributed by atoms with Gasteiger partial charge in [0.1, 0.15) is 5.41 Å². The molecule has 7 heteroatoms. The largest absolute Gasteiger partial charge is 0.480 e. The maximum Gasteiger partial charge on any atom is 0.328 e. The van der Waals surface area contributed by atoms with Crippen LogP contribution < -0.4 is 5.69 Å². The summed E-state index contributed by atoms with van der Waals surface area (Å²) in [5, 5.41) is 9.79. The number of nitrogens with zero attached hydrogens (tertiary/aromatic N) is 2. The Morgan fingerprint density at radius 1 is 1.20 bits per heavy atom. The Kier molecular flexibility index (Phi) is 4.49. The Morgan fingerprint density at radius 2 is 1.84 bits per heavy atom. The normalized spacial score (nSPS) is 20.0. The van der Waals surface area contributed by atoms with Crippen LogP contribution in [0.2, 0.25) is 0 Å². The summed E-state index contributed by atoms with van der Waals surface area (Å²) in [6.07, 6.45) is 2.36. The van der Waals surface area contributed by atoms with Crippen molar-refractivity contribution >= 4 is 34.4 Å². The lowest BCUT2D eigenvalue weighted by atomic mass is 9.67. The molecule has 1 unspecified atom stereocenters. The Bertz CT molecular complexity index is 927. The molecule has 0 aliphatic heterocycles. The van der Waals surface area contributed by atoms with Gasteiger partial charge in [0.15, 0.2) is 5.78 Å². The van der Waals surface area contributed by atoms with Crippen molar-refractivity contribution in [2.24, 2.45) is 19.5 Å². The number of imidazole rings is 1. The maximum absolute atomic E-state index is 13.1. The van der Waals surface area contributed by atoms with Crippen molar-refractivity contribution in [2.45, 2.75) is 32.1 Å². The maximum atomic E-state index is 13.1. The molecule has 0 spiro atoms. The fourth-order valence-corrected chi connectivity index (χ4v) is 3.99. The fourth-order valence-electron chi connectivity index (χ4n) is 3.80. The van der Waals surface area contributed by atoms with Gasteiger partial charge < -0.3 is 5.11 Å². The smallest absolute Gasteiger partial charge is 0.328 e. The molecule has 25 heavy (non-hydrogen) atoms. The van der Waals surface area contributed by atoms with Crippen LogP contribution in [0.15, 0.2) is 16.9 Å². The highest BCUT2D eigenvalue weighted by molar-refractivity contribution is 6.17. The second kappa shape index (κ2) is 6.33. The topological polar surface area (TPSA) is 81.3 Å². The van der Waals surface area contributed by atoms with E-state index in [1.165, 1.54) is 4.57 Å². The lowest BCUT2D eigenvalue weighted by Crippen LogP contribution is -2.43. The van der Waals surface area contributed by atoms with Crippen LogP contribution >= 0.6 is 11.6 Å². The fraction of sp³-hybridized carbons (Fsp3) is 0.500. The van der Waals surface area contributed by atoms with Crippen molar-refractivity contribution < 1.29 is 14.7 Å². The van der Waals surface area contributed by atoms with Crippen LogP contribution in [0.25, 0.3) is 11.0 Å². The number of hydrogen-bond acceptors (Lipinski definition) is 3. The van der Waals surface area contributed by atoms with Gasteiger partial charge in [0.2, 0.25) is 0 Å². The van der Waals surface area contributed by atoms with E-state index >= 15 is 0 Å². The van der Waals surface area contributed by atoms with Crippen molar-refractivity contribution in [1.82, 2.24) is 9.13 Å². The van der Waals surface area contributed by atoms with Crippen LogP contribution in [0, 0.1) is 5.41 Å². The Labute approximate surface area is 150 Å². The van der Waals surface area contributed by atoms with Gasteiger partial charge in [-0.2, -0.15) is 0 Å². The van der Waals surface area contributed by atoms with E-state index < -0.39 is 11.4 Å². The van der Waals surface area contributed by atoms with Crippen LogP contribution in [0.5, 0.6) is 0 Å². The summed E-state index contributed by atoms with van der Waals surface area (Å²) in [6, 6.07) is 3.52. The molecule has 1 N–H and O–H groups in total. The molecule has 1 aromatic carbocycles. The molecule has 3 rings (SSSR count). The van der Waals surface area contributed by atoms with Crippen molar-refractivity contribution in [3.8, 4) is 0 Å². The summed E-state index contributed by atoms with van der Waals surface area (Å²) < 4.78 is 3.02. The average molecular weight is 365 g/mol. The highest BCUT2D eigenvalue weighted by Gasteiger charge is 2.48. The average Bonchev–Trinajstić information content (AvgIpc) is 2.80. The summed E-state index contributed by atoms with van der Waals surface area (Å²) in [6.45, 7) is 0. The minimum atomic E-state index is -1.39. The molecule has 0 saturated heterocycles. The molecule has 0 saturated carbocycles. The molecule has 6 nitrogen and oxygen atoms in total. The van der Waals surface area contributed by atoms with Crippen LogP contribution in [0.4, 0.5) is 0 Å². The number of Topliss-reactive ketones (excluding diaryl/α,β-unsaturated/α-hetero) is 1. The van der Waals surface area contributed by atoms with Crippen LogP contribution in [-0.4, -0.2) is 31.9 Å². The number of alkyl halides is 1. The van der Waals surface area contributed by atoms with Crippen LogP contribution in [0.3, 0.4) is 0 Å². The number of aryl methyl sites for hydroxylation is 3. The molecule has 0 radical (unpaired) electrons. The third kappa shape index (κ3) is 2.59. The Hall–Kier alpha value is -2.08. The molecule has 1 atom stereocenters. The molecule has 134 valence electrons. The lowest BCUT2D eigenvalue weighted by Gasteiger charge is -2.33.